The summed E-state index contributed by atoms with van der Waals surface area (Å²) in [4.78, 5) is 17.2. The molecule has 0 unspecified atom stereocenters. The van der Waals surface area contributed by atoms with Gasteiger partial charge in [0.25, 0.3) is 0 Å². The number of nitrogen functional groups attached to an aromatic ring is 1. The fourth-order valence-electron chi connectivity index (χ4n) is 1.81. The molecule has 0 bridgehead atoms. The fraction of sp³-hybridized carbons (Fsp3) is 0.143. The van der Waals surface area contributed by atoms with Crippen molar-refractivity contribution in [2.45, 2.75) is 6.42 Å². The molecule has 0 aliphatic carbocycles. The highest BCUT2D eigenvalue weighted by Gasteiger charge is 2.18. The molecule has 0 spiro atoms. The van der Waals surface area contributed by atoms with E-state index in [9.17, 15) is 13.6 Å². The maximum absolute atomic E-state index is 13.5. The smallest absolute Gasteiger partial charge is 0.231 e. The molecule has 1 heterocycles. The summed E-state index contributed by atoms with van der Waals surface area (Å²) in [5.41, 5.74) is 6.22. The van der Waals surface area contributed by atoms with Gasteiger partial charge in [-0.05, 0) is 18.2 Å². The number of rotatable bonds is 3. The Morgan fingerprint density at radius 3 is 2.55 bits per heavy atom. The van der Waals surface area contributed by atoms with Crippen LogP contribution < -0.4 is 10.6 Å². The molecule has 0 aliphatic rings. The number of hydrogen-bond acceptors (Lipinski definition) is 3. The molecule has 0 fully saturated rings. The molecule has 0 saturated carbocycles. The van der Waals surface area contributed by atoms with Gasteiger partial charge in [0.1, 0.15) is 11.6 Å². The summed E-state index contributed by atoms with van der Waals surface area (Å²) in [5, 5.41) is 0. The van der Waals surface area contributed by atoms with Gasteiger partial charge in [0.05, 0.1) is 24.0 Å². The second-order valence-corrected chi connectivity index (χ2v) is 4.26. The summed E-state index contributed by atoms with van der Waals surface area (Å²) in [6.07, 6.45) is 2.51. The first-order chi connectivity index (χ1) is 9.50. The Hall–Kier alpha value is -2.50. The monoisotopic (exact) mass is 277 g/mol. The summed E-state index contributed by atoms with van der Waals surface area (Å²) < 4.78 is 27.0. The summed E-state index contributed by atoms with van der Waals surface area (Å²) in [7, 11) is 1.49. The van der Waals surface area contributed by atoms with E-state index in [0.717, 1.165) is 12.1 Å². The van der Waals surface area contributed by atoms with E-state index in [0.29, 0.717) is 11.4 Å². The highest BCUT2D eigenvalue weighted by Crippen LogP contribution is 2.21. The van der Waals surface area contributed by atoms with Crippen LogP contribution in [0.15, 0.2) is 36.7 Å². The van der Waals surface area contributed by atoms with Crippen LogP contribution in [0.3, 0.4) is 0 Å². The van der Waals surface area contributed by atoms with E-state index >= 15 is 0 Å². The van der Waals surface area contributed by atoms with Crippen molar-refractivity contribution in [2.75, 3.05) is 17.7 Å². The van der Waals surface area contributed by atoms with E-state index in [1.165, 1.54) is 30.4 Å². The Balaban J connectivity index is 2.23. The number of hydrogen-bond donors (Lipinski definition) is 1. The molecule has 2 aromatic rings. The molecular weight excluding hydrogens is 264 g/mol. The number of benzene rings is 1. The molecule has 1 aromatic heterocycles. The van der Waals surface area contributed by atoms with Crippen LogP contribution in [0.25, 0.3) is 0 Å². The maximum Gasteiger partial charge on any atom is 0.231 e. The molecule has 6 heteroatoms. The van der Waals surface area contributed by atoms with Crippen molar-refractivity contribution >= 4 is 17.3 Å². The Morgan fingerprint density at radius 1 is 1.30 bits per heavy atom. The number of carbonyl (C=O) groups excluding carboxylic acids is 1. The summed E-state index contributed by atoms with van der Waals surface area (Å²) >= 11 is 0. The first-order valence-electron chi connectivity index (χ1n) is 5.89. The van der Waals surface area contributed by atoms with Crippen molar-refractivity contribution in [3.8, 4) is 0 Å². The third-order valence-corrected chi connectivity index (χ3v) is 2.95. The quantitative estimate of drug-likeness (QED) is 0.935. The Kier molecular flexibility index (Phi) is 3.93. The van der Waals surface area contributed by atoms with Crippen LogP contribution in [0.2, 0.25) is 0 Å². The van der Waals surface area contributed by atoms with Crippen molar-refractivity contribution in [1.82, 2.24) is 4.98 Å². The van der Waals surface area contributed by atoms with Gasteiger partial charge < -0.3 is 10.6 Å². The average molecular weight is 277 g/mol. The van der Waals surface area contributed by atoms with Crippen molar-refractivity contribution in [3.05, 3.63) is 53.9 Å². The summed E-state index contributed by atoms with van der Waals surface area (Å²) in [6.45, 7) is 0. The normalized spacial score (nSPS) is 10.3. The number of nitrogens with zero attached hydrogens (tertiary/aromatic N) is 2. The first kappa shape index (κ1) is 13.9. The minimum absolute atomic E-state index is 0.253. The van der Waals surface area contributed by atoms with Gasteiger partial charge in [-0.25, -0.2) is 8.78 Å². The van der Waals surface area contributed by atoms with Crippen LogP contribution in [-0.4, -0.2) is 17.9 Å². The molecule has 2 N–H and O–H groups in total. The van der Waals surface area contributed by atoms with Gasteiger partial charge in [-0.1, -0.05) is 6.07 Å². The predicted molar refractivity (Wildman–Crippen MR) is 72.1 cm³/mol. The molecule has 0 atom stereocenters. The topological polar surface area (TPSA) is 59.2 Å². The first-order valence-corrected chi connectivity index (χ1v) is 5.89. The van der Waals surface area contributed by atoms with Gasteiger partial charge in [0.2, 0.25) is 5.91 Å². The molecule has 0 saturated heterocycles. The number of nitrogens with two attached hydrogens (primary N) is 1. The number of pyridine rings is 1. The standard InChI is InChI=1S/C14H13F2N3O/c1-19(13-5-6-18-8-12(13)17)14(20)7-9-10(15)3-2-4-11(9)16/h2-6,8H,7,17H2,1H3. The van der Waals surface area contributed by atoms with Gasteiger partial charge in [0, 0.05) is 18.8 Å². The van der Waals surface area contributed by atoms with Gasteiger partial charge >= 0.3 is 0 Å². The van der Waals surface area contributed by atoms with Gasteiger partial charge in [-0.2, -0.15) is 0 Å². The molecule has 1 aromatic carbocycles. The van der Waals surface area contributed by atoms with Crippen LogP contribution in [0.1, 0.15) is 5.56 Å². The molecule has 0 aliphatic heterocycles. The zero-order valence-electron chi connectivity index (χ0n) is 10.8. The van der Waals surface area contributed by atoms with Crippen molar-refractivity contribution < 1.29 is 13.6 Å². The molecular formula is C14H13F2N3O. The predicted octanol–water partition coefficient (Wildman–Crippen LogP) is 2.15. The minimum Gasteiger partial charge on any atom is -0.396 e. The highest BCUT2D eigenvalue weighted by molar-refractivity contribution is 5.96. The van der Waals surface area contributed by atoms with Crippen LogP contribution in [0, 0.1) is 11.6 Å². The molecule has 4 nitrogen and oxygen atoms in total. The van der Waals surface area contributed by atoms with Crippen LogP contribution in [-0.2, 0) is 11.2 Å². The zero-order chi connectivity index (χ0) is 14.7. The molecule has 104 valence electrons. The van der Waals surface area contributed by atoms with Crippen molar-refractivity contribution in [3.63, 3.8) is 0 Å². The van der Waals surface area contributed by atoms with E-state index in [1.54, 1.807) is 6.07 Å². The van der Waals surface area contributed by atoms with Gasteiger partial charge in [-0.15, -0.1) is 0 Å². The minimum atomic E-state index is -0.741. The molecule has 2 rings (SSSR count). The Labute approximate surface area is 114 Å². The Bertz CT molecular complexity index is 626. The van der Waals surface area contributed by atoms with E-state index in [-0.39, 0.29) is 12.0 Å². The lowest BCUT2D eigenvalue weighted by molar-refractivity contribution is -0.117. The third kappa shape index (κ3) is 2.74. The van der Waals surface area contributed by atoms with E-state index in [2.05, 4.69) is 4.98 Å². The number of amides is 1. The second-order valence-electron chi connectivity index (χ2n) is 4.26. The summed E-state index contributed by atoms with van der Waals surface area (Å²) in [5.74, 6) is -1.95. The lowest BCUT2D eigenvalue weighted by Crippen LogP contribution is -2.29. The SMILES string of the molecule is CN(C(=O)Cc1c(F)cccc1F)c1ccncc1N. The second kappa shape index (κ2) is 5.64. The van der Waals surface area contributed by atoms with Crippen LogP contribution in [0.4, 0.5) is 20.2 Å². The maximum atomic E-state index is 13.5. The van der Waals surface area contributed by atoms with Gasteiger partial charge in [0.15, 0.2) is 0 Å². The molecule has 20 heavy (non-hydrogen) atoms. The number of likely N-dealkylation sites (N-methyl/N-ethyl adjacent to an activating group) is 1. The number of anilines is 2. The average Bonchev–Trinajstić information content (AvgIpc) is 2.42. The summed E-state index contributed by atoms with van der Waals surface area (Å²) in [6, 6.07) is 5.05. The number of aromatic nitrogens is 1. The lowest BCUT2D eigenvalue weighted by Gasteiger charge is -2.19. The number of halogens is 2. The van der Waals surface area contributed by atoms with Crippen LogP contribution >= 0.6 is 0 Å². The van der Waals surface area contributed by atoms with E-state index in [4.69, 9.17) is 5.73 Å². The largest absolute Gasteiger partial charge is 0.396 e. The van der Waals surface area contributed by atoms with Crippen molar-refractivity contribution in [1.29, 1.82) is 0 Å². The number of carbonyl (C=O) groups is 1. The molecule has 0 radical (unpaired) electrons. The van der Waals surface area contributed by atoms with E-state index < -0.39 is 17.5 Å². The van der Waals surface area contributed by atoms with E-state index in [1.807, 2.05) is 0 Å². The Morgan fingerprint density at radius 2 is 1.95 bits per heavy atom. The zero-order valence-corrected chi connectivity index (χ0v) is 10.8. The van der Waals surface area contributed by atoms with Crippen LogP contribution in [0.5, 0.6) is 0 Å². The third-order valence-electron chi connectivity index (χ3n) is 2.95. The van der Waals surface area contributed by atoms with Crippen molar-refractivity contribution in [2.24, 2.45) is 0 Å². The highest BCUT2D eigenvalue weighted by atomic mass is 19.1. The van der Waals surface area contributed by atoms with Gasteiger partial charge in [-0.3, -0.25) is 9.78 Å². The molecule has 1 amide bonds. The lowest BCUT2D eigenvalue weighted by atomic mass is 10.1. The fourth-order valence-corrected chi connectivity index (χ4v) is 1.81.